The Morgan fingerprint density at radius 2 is 1.88 bits per heavy atom. The summed E-state index contributed by atoms with van der Waals surface area (Å²) < 4.78 is 7.70. The number of nitrogens with one attached hydrogen (secondary N) is 1. The van der Waals surface area contributed by atoms with E-state index in [1.54, 1.807) is 6.92 Å². The Morgan fingerprint density at radius 1 is 1.19 bits per heavy atom. The van der Waals surface area contributed by atoms with Crippen molar-refractivity contribution in [3.8, 4) is 0 Å². The zero-order valence-corrected chi connectivity index (χ0v) is 16.7. The second kappa shape index (κ2) is 7.45. The lowest BCUT2D eigenvalue weighted by atomic mass is 9.78. The van der Waals surface area contributed by atoms with Crippen molar-refractivity contribution in [3.05, 3.63) is 23.0 Å². The van der Waals surface area contributed by atoms with Gasteiger partial charge >= 0.3 is 5.97 Å². The van der Waals surface area contributed by atoms with E-state index in [1.165, 1.54) is 19.3 Å². The Bertz CT molecular complexity index is 690. The van der Waals surface area contributed by atoms with Gasteiger partial charge in [0, 0.05) is 23.5 Å². The van der Waals surface area contributed by atoms with Crippen LogP contribution in [0.1, 0.15) is 80.7 Å². The molecule has 4 atom stereocenters. The van der Waals surface area contributed by atoms with Gasteiger partial charge in [-0.15, -0.1) is 0 Å². The number of rotatable bonds is 5. The summed E-state index contributed by atoms with van der Waals surface area (Å²) >= 11 is 0. The molecule has 2 aliphatic carbocycles. The van der Waals surface area contributed by atoms with Gasteiger partial charge in [-0.1, -0.05) is 26.7 Å². The fourth-order valence-corrected chi connectivity index (χ4v) is 4.24. The molecule has 0 radical (unpaired) electrons. The average molecular weight is 360 g/mol. The molecule has 0 aromatic carbocycles. The highest BCUT2D eigenvalue weighted by atomic mass is 16.5. The van der Waals surface area contributed by atoms with Crippen molar-refractivity contribution in [2.45, 2.75) is 84.9 Å². The Kier molecular flexibility index (Phi) is 5.44. The minimum atomic E-state index is -0.782. The fourth-order valence-electron chi connectivity index (χ4n) is 4.24. The van der Waals surface area contributed by atoms with E-state index in [2.05, 4.69) is 23.7 Å². The first-order valence-corrected chi connectivity index (χ1v) is 9.99. The number of hydrogen-bond acceptors (Lipinski definition) is 3. The second-order valence-corrected chi connectivity index (χ2v) is 8.32. The second-order valence-electron chi connectivity index (χ2n) is 8.32. The molecule has 26 heavy (non-hydrogen) atoms. The van der Waals surface area contributed by atoms with Gasteiger partial charge < -0.3 is 14.6 Å². The van der Waals surface area contributed by atoms with Crippen molar-refractivity contribution in [1.82, 2.24) is 9.88 Å². The molecule has 2 saturated carbocycles. The predicted molar refractivity (Wildman–Crippen MR) is 101 cm³/mol. The minimum absolute atomic E-state index is 0.173. The molecule has 0 unspecified atom stereocenters. The van der Waals surface area contributed by atoms with Crippen molar-refractivity contribution >= 4 is 11.9 Å². The van der Waals surface area contributed by atoms with Crippen LogP contribution in [-0.2, 0) is 9.53 Å². The Morgan fingerprint density at radius 3 is 2.54 bits per heavy atom. The first-order chi connectivity index (χ1) is 12.3. The third-order valence-corrected chi connectivity index (χ3v) is 6.30. The normalized spacial score (nSPS) is 27.0. The number of aryl methyl sites for hydroxylation is 1. The number of nitrogens with zero attached hydrogens (tertiary/aromatic N) is 1. The lowest BCUT2D eigenvalue weighted by Crippen LogP contribution is -2.47. The maximum Gasteiger partial charge on any atom is 0.340 e. The summed E-state index contributed by atoms with van der Waals surface area (Å²) in [6.07, 6.45) is 4.91. The van der Waals surface area contributed by atoms with Gasteiger partial charge in [-0.2, -0.15) is 0 Å². The van der Waals surface area contributed by atoms with Crippen LogP contribution in [0.25, 0.3) is 0 Å². The first-order valence-electron chi connectivity index (χ1n) is 9.99. The van der Waals surface area contributed by atoms with Crippen LogP contribution >= 0.6 is 0 Å². The quantitative estimate of drug-likeness (QED) is 0.810. The van der Waals surface area contributed by atoms with E-state index < -0.39 is 12.1 Å². The summed E-state index contributed by atoms with van der Waals surface area (Å²) in [5.41, 5.74) is 2.60. The van der Waals surface area contributed by atoms with Gasteiger partial charge in [-0.25, -0.2) is 4.79 Å². The average Bonchev–Trinajstić information content (AvgIpc) is 3.36. The summed E-state index contributed by atoms with van der Waals surface area (Å²) in [4.78, 5) is 25.1. The van der Waals surface area contributed by atoms with Crippen LogP contribution in [-0.4, -0.2) is 28.6 Å². The number of carbonyl (C=O) groups is 2. The lowest BCUT2D eigenvalue weighted by molar-refractivity contribution is -0.130. The number of amides is 1. The van der Waals surface area contributed by atoms with E-state index in [9.17, 15) is 9.59 Å². The smallest absolute Gasteiger partial charge is 0.340 e. The first kappa shape index (κ1) is 19.0. The molecule has 3 rings (SSSR count). The van der Waals surface area contributed by atoms with E-state index in [-0.39, 0.29) is 11.9 Å². The highest BCUT2D eigenvalue weighted by Crippen LogP contribution is 2.38. The predicted octanol–water partition coefficient (Wildman–Crippen LogP) is 3.93. The molecule has 1 amide bonds. The Balaban J connectivity index is 1.60. The van der Waals surface area contributed by atoms with Gasteiger partial charge in [-0.3, -0.25) is 4.79 Å². The van der Waals surface area contributed by atoms with Crippen molar-refractivity contribution < 1.29 is 14.3 Å². The SMILES string of the molecule is Cc1cc(C(=O)O[C@H](C)C(=O)N[C@H]2CCC[C@H](C)[C@@H]2C)c(C)n1C1CC1. The van der Waals surface area contributed by atoms with Crippen LogP contribution in [0.15, 0.2) is 6.07 Å². The van der Waals surface area contributed by atoms with Crippen molar-refractivity contribution in [2.75, 3.05) is 0 Å². The van der Waals surface area contributed by atoms with E-state index in [0.29, 0.717) is 23.4 Å². The van der Waals surface area contributed by atoms with Gasteiger partial charge in [0.05, 0.1) is 5.56 Å². The van der Waals surface area contributed by atoms with Gasteiger partial charge in [0.25, 0.3) is 5.91 Å². The van der Waals surface area contributed by atoms with Crippen LogP contribution in [0.4, 0.5) is 0 Å². The molecule has 144 valence electrons. The molecular weight excluding hydrogens is 328 g/mol. The summed E-state index contributed by atoms with van der Waals surface area (Å²) in [6.45, 7) is 10.1. The minimum Gasteiger partial charge on any atom is -0.449 e. The zero-order valence-electron chi connectivity index (χ0n) is 16.7. The van der Waals surface area contributed by atoms with Crippen LogP contribution in [0.5, 0.6) is 0 Å². The maximum atomic E-state index is 12.6. The zero-order chi connectivity index (χ0) is 19.0. The number of ether oxygens (including phenoxy) is 1. The van der Waals surface area contributed by atoms with Crippen molar-refractivity contribution in [2.24, 2.45) is 11.8 Å². The molecule has 5 heteroatoms. The maximum absolute atomic E-state index is 12.6. The Labute approximate surface area is 156 Å². The van der Waals surface area contributed by atoms with E-state index in [4.69, 9.17) is 4.74 Å². The number of aromatic nitrogens is 1. The summed E-state index contributed by atoms with van der Waals surface area (Å²) in [5, 5.41) is 3.09. The Hall–Kier alpha value is -1.78. The standard InChI is InChI=1S/C21H32N2O3/c1-12-7-6-8-19(14(12)3)22-20(24)16(5)26-21(25)18-11-13(2)23(15(18)4)17-9-10-17/h11-12,14,16-17,19H,6-10H2,1-5H3,(H,22,24)/t12-,14-,16+,19-/m0/s1. The van der Waals surface area contributed by atoms with Gasteiger partial charge in [0.1, 0.15) is 0 Å². The molecule has 2 fully saturated rings. The molecule has 1 aromatic rings. The largest absolute Gasteiger partial charge is 0.449 e. The molecule has 1 heterocycles. The number of esters is 1. The van der Waals surface area contributed by atoms with Gasteiger partial charge in [-0.05, 0) is 57.9 Å². The van der Waals surface area contributed by atoms with E-state index in [0.717, 1.165) is 24.2 Å². The summed E-state index contributed by atoms with van der Waals surface area (Å²) in [6, 6.07) is 2.57. The van der Waals surface area contributed by atoms with Gasteiger partial charge in [0.2, 0.25) is 0 Å². The molecule has 0 bridgehead atoms. The topological polar surface area (TPSA) is 60.3 Å². The van der Waals surface area contributed by atoms with Gasteiger partial charge in [0.15, 0.2) is 6.10 Å². The third kappa shape index (κ3) is 3.81. The molecular formula is C21H32N2O3. The van der Waals surface area contributed by atoms with E-state index in [1.807, 2.05) is 19.9 Å². The highest BCUT2D eigenvalue weighted by molar-refractivity contribution is 5.93. The number of carbonyl (C=O) groups excluding carboxylic acids is 2. The third-order valence-electron chi connectivity index (χ3n) is 6.30. The van der Waals surface area contributed by atoms with Crippen molar-refractivity contribution in [1.29, 1.82) is 0 Å². The fraction of sp³-hybridized carbons (Fsp3) is 0.714. The van der Waals surface area contributed by atoms with Crippen LogP contribution < -0.4 is 5.32 Å². The van der Waals surface area contributed by atoms with Crippen molar-refractivity contribution in [3.63, 3.8) is 0 Å². The summed E-state index contributed by atoms with van der Waals surface area (Å²) in [5.74, 6) is 0.464. The van der Waals surface area contributed by atoms with Crippen LogP contribution in [0, 0.1) is 25.7 Å². The highest BCUT2D eigenvalue weighted by Gasteiger charge is 2.32. The monoisotopic (exact) mass is 360 g/mol. The lowest BCUT2D eigenvalue weighted by Gasteiger charge is -2.35. The van der Waals surface area contributed by atoms with Crippen LogP contribution in [0.2, 0.25) is 0 Å². The number of hydrogen-bond donors (Lipinski definition) is 1. The summed E-state index contributed by atoms with van der Waals surface area (Å²) in [7, 11) is 0. The molecule has 0 saturated heterocycles. The molecule has 0 spiro atoms. The molecule has 0 aliphatic heterocycles. The molecule has 2 aliphatic rings. The molecule has 1 N–H and O–H groups in total. The molecule has 5 nitrogen and oxygen atoms in total. The van der Waals surface area contributed by atoms with Crippen LogP contribution in [0.3, 0.4) is 0 Å². The molecule has 1 aromatic heterocycles. The van der Waals surface area contributed by atoms with E-state index >= 15 is 0 Å².